The highest BCUT2D eigenvalue weighted by Crippen LogP contribution is 2.45. The van der Waals surface area contributed by atoms with E-state index < -0.39 is 10.0 Å². The van der Waals surface area contributed by atoms with Crippen LogP contribution in [0.4, 0.5) is 5.69 Å². The van der Waals surface area contributed by atoms with Crippen LogP contribution in [-0.2, 0) is 21.2 Å². The van der Waals surface area contributed by atoms with Gasteiger partial charge in [-0.2, -0.15) is 0 Å². The maximum absolute atomic E-state index is 12.3. The number of nitrogens with one attached hydrogen (secondary N) is 2. The average molecular weight is 449 g/mol. The second kappa shape index (κ2) is 9.12. The first-order chi connectivity index (χ1) is 14.0. The maximum atomic E-state index is 12.3. The molecule has 0 bridgehead atoms. The lowest BCUT2D eigenvalue weighted by Gasteiger charge is -2.11. The summed E-state index contributed by atoms with van der Waals surface area (Å²) in [5, 5.41) is 2.98. The number of thioether (sulfide) groups is 2. The van der Waals surface area contributed by atoms with Crippen LogP contribution < -0.4 is 10.0 Å². The van der Waals surface area contributed by atoms with Crippen LogP contribution in [0.5, 0.6) is 0 Å². The number of carbonyl (C=O) groups is 1. The number of hydrogen-bond acceptors (Lipinski definition) is 5. The minimum absolute atomic E-state index is 0.0408. The van der Waals surface area contributed by atoms with Crippen molar-refractivity contribution in [2.75, 3.05) is 16.8 Å². The molecule has 0 atom stereocenters. The number of sulfonamides is 1. The van der Waals surface area contributed by atoms with Gasteiger partial charge in [-0.15, -0.1) is 23.5 Å². The van der Waals surface area contributed by atoms with E-state index in [1.165, 1.54) is 17.1 Å². The summed E-state index contributed by atoms with van der Waals surface area (Å²) in [6.45, 7) is 0. The number of carbonyl (C=O) groups excluding carboxylic acids is 1. The molecule has 154 valence electrons. The Hall–Kier alpha value is -1.48. The van der Waals surface area contributed by atoms with Crippen LogP contribution in [0.2, 0.25) is 0 Å². The van der Waals surface area contributed by atoms with Crippen molar-refractivity contribution in [1.29, 1.82) is 0 Å². The van der Waals surface area contributed by atoms with E-state index in [1.807, 2.05) is 35.7 Å². The normalized spacial score (nSPS) is 17.4. The van der Waals surface area contributed by atoms with Gasteiger partial charge >= 0.3 is 0 Å². The fraction of sp³-hybridized carbons (Fsp3) is 0.381. The van der Waals surface area contributed by atoms with Crippen molar-refractivity contribution in [1.82, 2.24) is 4.72 Å². The van der Waals surface area contributed by atoms with Gasteiger partial charge in [0.15, 0.2) is 0 Å². The molecule has 1 aliphatic heterocycles. The molecule has 0 aromatic heterocycles. The first-order valence-corrected chi connectivity index (χ1v) is 13.3. The van der Waals surface area contributed by atoms with E-state index in [0.717, 1.165) is 24.1 Å². The molecule has 4 rings (SSSR count). The standard InChI is InChI=1S/C21H24N2O3S3/c24-20(22-18-3-1-2-16(14-18)21-27-12-13-28-21)11-6-15-4-9-19(10-5-15)29(25,26)23-17-7-8-17/h1-5,9-10,14,17,21,23H,6-8,11-13H2,(H,22,24). The van der Waals surface area contributed by atoms with E-state index in [2.05, 4.69) is 22.2 Å². The number of aryl methyl sites for hydroxylation is 1. The molecule has 1 aliphatic carbocycles. The smallest absolute Gasteiger partial charge is 0.240 e. The van der Waals surface area contributed by atoms with Gasteiger partial charge in [0.1, 0.15) is 0 Å². The summed E-state index contributed by atoms with van der Waals surface area (Å²) in [5.74, 6) is 2.30. The fourth-order valence-corrected chi connectivity index (χ4v) is 7.26. The summed E-state index contributed by atoms with van der Waals surface area (Å²) in [5.41, 5.74) is 3.01. The Kier molecular flexibility index (Phi) is 6.53. The zero-order chi connectivity index (χ0) is 20.3. The van der Waals surface area contributed by atoms with Crippen molar-refractivity contribution in [2.24, 2.45) is 0 Å². The Bertz CT molecular complexity index is 967. The Morgan fingerprint density at radius 2 is 1.76 bits per heavy atom. The van der Waals surface area contributed by atoms with Gasteiger partial charge in [0, 0.05) is 29.7 Å². The molecule has 1 heterocycles. The third-order valence-electron chi connectivity index (χ3n) is 4.84. The van der Waals surface area contributed by atoms with Crippen LogP contribution in [0.1, 0.15) is 35.0 Å². The van der Waals surface area contributed by atoms with Gasteiger partial charge < -0.3 is 5.32 Å². The Morgan fingerprint density at radius 3 is 2.45 bits per heavy atom. The highest BCUT2D eigenvalue weighted by atomic mass is 32.2. The minimum atomic E-state index is -3.43. The summed E-state index contributed by atoms with van der Waals surface area (Å²) in [7, 11) is -3.43. The molecule has 0 unspecified atom stereocenters. The lowest BCUT2D eigenvalue weighted by molar-refractivity contribution is -0.116. The number of hydrogen-bond donors (Lipinski definition) is 2. The van der Waals surface area contributed by atoms with Crippen molar-refractivity contribution in [2.45, 2.75) is 41.2 Å². The van der Waals surface area contributed by atoms with Gasteiger partial charge in [0.2, 0.25) is 15.9 Å². The van der Waals surface area contributed by atoms with Gasteiger partial charge in [0.05, 0.1) is 9.48 Å². The number of anilines is 1. The van der Waals surface area contributed by atoms with E-state index in [9.17, 15) is 13.2 Å². The number of amides is 1. The first kappa shape index (κ1) is 20.8. The molecule has 29 heavy (non-hydrogen) atoms. The molecular formula is C21H24N2O3S3. The van der Waals surface area contributed by atoms with E-state index in [4.69, 9.17) is 0 Å². The van der Waals surface area contributed by atoms with Crippen molar-refractivity contribution in [3.8, 4) is 0 Å². The maximum Gasteiger partial charge on any atom is 0.240 e. The summed E-state index contributed by atoms with van der Waals surface area (Å²) in [6, 6.07) is 14.9. The summed E-state index contributed by atoms with van der Waals surface area (Å²) >= 11 is 3.89. The van der Waals surface area contributed by atoms with Gasteiger partial charge in [-0.1, -0.05) is 24.3 Å². The van der Waals surface area contributed by atoms with E-state index in [-0.39, 0.29) is 16.8 Å². The predicted octanol–water partition coefficient (Wildman–Crippen LogP) is 4.18. The third kappa shape index (κ3) is 5.78. The van der Waals surface area contributed by atoms with Crippen LogP contribution in [0.15, 0.2) is 53.4 Å². The molecule has 8 heteroatoms. The predicted molar refractivity (Wildman–Crippen MR) is 121 cm³/mol. The van der Waals surface area contributed by atoms with Gasteiger partial charge in [0.25, 0.3) is 0 Å². The first-order valence-electron chi connectivity index (χ1n) is 9.74. The quantitative estimate of drug-likeness (QED) is 0.634. The zero-order valence-corrected chi connectivity index (χ0v) is 18.4. The summed E-state index contributed by atoms with van der Waals surface area (Å²) in [6.07, 6.45) is 2.74. The second-order valence-electron chi connectivity index (χ2n) is 7.29. The Balaban J connectivity index is 1.30. The minimum Gasteiger partial charge on any atom is -0.326 e. The van der Waals surface area contributed by atoms with Crippen LogP contribution in [0.3, 0.4) is 0 Å². The third-order valence-corrected chi connectivity index (χ3v) is 9.48. The highest BCUT2D eigenvalue weighted by molar-refractivity contribution is 8.19. The molecule has 2 aromatic carbocycles. The average Bonchev–Trinajstić information content (AvgIpc) is 3.33. The van der Waals surface area contributed by atoms with Crippen molar-refractivity contribution in [3.63, 3.8) is 0 Å². The van der Waals surface area contributed by atoms with E-state index in [1.54, 1.807) is 24.3 Å². The van der Waals surface area contributed by atoms with Gasteiger partial charge in [-0.05, 0) is 54.7 Å². The molecule has 2 N–H and O–H groups in total. The van der Waals surface area contributed by atoms with Gasteiger partial charge in [-0.25, -0.2) is 13.1 Å². The molecule has 2 fully saturated rings. The van der Waals surface area contributed by atoms with Crippen LogP contribution in [-0.4, -0.2) is 31.9 Å². The molecule has 0 radical (unpaired) electrons. The lowest BCUT2D eigenvalue weighted by Crippen LogP contribution is -2.25. The number of rotatable bonds is 8. The monoisotopic (exact) mass is 448 g/mol. The van der Waals surface area contributed by atoms with Crippen LogP contribution in [0.25, 0.3) is 0 Å². The van der Waals surface area contributed by atoms with E-state index in [0.29, 0.717) is 17.4 Å². The Labute approximate surface area is 180 Å². The number of benzene rings is 2. The molecule has 1 amide bonds. The molecule has 0 spiro atoms. The SMILES string of the molecule is O=C(CCc1ccc(S(=O)(=O)NC2CC2)cc1)Nc1cccc(C2SCCS2)c1. The molecule has 1 saturated carbocycles. The molecule has 5 nitrogen and oxygen atoms in total. The van der Waals surface area contributed by atoms with Crippen LogP contribution >= 0.6 is 23.5 Å². The fourth-order valence-electron chi connectivity index (χ4n) is 3.12. The molecule has 1 saturated heterocycles. The molecule has 2 aromatic rings. The Morgan fingerprint density at radius 1 is 1.03 bits per heavy atom. The lowest BCUT2D eigenvalue weighted by atomic mass is 10.1. The van der Waals surface area contributed by atoms with Gasteiger partial charge in [-0.3, -0.25) is 4.79 Å². The van der Waals surface area contributed by atoms with Crippen LogP contribution in [0, 0.1) is 0 Å². The summed E-state index contributed by atoms with van der Waals surface area (Å²) in [4.78, 5) is 12.6. The van der Waals surface area contributed by atoms with E-state index >= 15 is 0 Å². The molecule has 2 aliphatic rings. The largest absolute Gasteiger partial charge is 0.326 e. The molecular weight excluding hydrogens is 424 g/mol. The topological polar surface area (TPSA) is 75.3 Å². The highest BCUT2D eigenvalue weighted by Gasteiger charge is 2.27. The summed E-state index contributed by atoms with van der Waals surface area (Å²) < 4.78 is 27.5. The van der Waals surface area contributed by atoms with Crippen molar-refractivity contribution >= 4 is 45.1 Å². The zero-order valence-electron chi connectivity index (χ0n) is 16.0. The second-order valence-corrected chi connectivity index (χ2v) is 11.7. The van der Waals surface area contributed by atoms with Crippen molar-refractivity contribution < 1.29 is 13.2 Å². The van der Waals surface area contributed by atoms with Crippen molar-refractivity contribution in [3.05, 3.63) is 59.7 Å².